The molecule has 1 aromatic heterocycles. The lowest BCUT2D eigenvalue weighted by atomic mass is 10.1. The fourth-order valence-electron chi connectivity index (χ4n) is 2.04. The SMILES string of the molecule is Cc1cc(C)c(S(=O)(=O)NCc2cccs2)cc1CN. The van der Waals surface area contributed by atoms with Crippen LogP contribution in [0.2, 0.25) is 0 Å². The highest BCUT2D eigenvalue weighted by molar-refractivity contribution is 7.89. The van der Waals surface area contributed by atoms with E-state index in [0.717, 1.165) is 21.6 Å². The van der Waals surface area contributed by atoms with E-state index in [1.165, 1.54) is 11.3 Å². The predicted molar refractivity (Wildman–Crippen MR) is 82.2 cm³/mol. The zero-order valence-corrected chi connectivity index (χ0v) is 13.1. The zero-order valence-electron chi connectivity index (χ0n) is 11.5. The fraction of sp³-hybridized carbons (Fsp3) is 0.286. The van der Waals surface area contributed by atoms with E-state index in [1.54, 1.807) is 13.0 Å². The number of hydrogen-bond acceptors (Lipinski definition) is 4. The van der Waals surface area contributed by atoms with Crippen LogP contribution in [-0.4, -0.2) is 8.42 Å². The molecule has 6 heteroatoms. The van der Waals surface area contributed by atoms with Gasteiger partial charge in [-0.05, 0) is 48.1 Å². The smallest absolute Gasteiger partial charge is 0.241 e. The molecule has 0 aliphatic carbocycles. The summed E-state index contributed by atoms with van der Waals surface area (Å²) in [5.41, 5.74) is 8.25. The summed E-state index contributed by atoms with van der Waals surface area (Å²) in [5, 5.41) is 1.92. The predicted octanol–water partition coefficient (Wildman–Crippen LogP) is 2.30. The first kappa shape index (κ1) is 15.2. The minimum atomic E-state index is -3.52. The first-order chi connectivity index (χ1) is 9.44. The molecular formula is C14H18N2O2S2. The van der Waals surface area contributed by atoms with Crippen LogP contribution >= 0.6 is 11.3 Å². The molecular weight excluding hydrogens is 292 g/mol. The molecule has 3 N–H and O–H groups in total. The van der Waals surface area contributed by atoms with Crippen molar-refractivity contribution in [2.24, 2.45) is 5.73 Å². The number of sulfonamides is 1. The highest BCUT2D eigenvalue weighted by atomic mass is 32.2. The Morgan fingerprint density at radius 1 is 1.25 bits per heavy atom. The quantitative estimate of drug-likeness (QED) is 0.890. The van der Waals surface area contributed by atoms with Crippen LogP contribution in [0.15, 0.2) is 34.5 Å². The number of nitrogens with two attached hydrogens (primary N) is 1. The maximum absolute atomic E-state index is 12.4. The normalized spacial score (nSPS) is 11.8. The Balaban J connectivity index is 2.29. The fourth-order valence-corrected chi connectivity index (χ4v) is 4.06. The molecule has 1 aromatic carbocycles. The Bertz CT molecular complexity index is 692. The Morgan fingerprint density at radius 2 is 2.00 bits per heavy atom. The number of benzene rings is 1. The van der Waals surface area contributed by atoms with E-state index in [1.807, 2.05) is 30.5 Å². The molecule has 2 aromatic rings. The molecule has 0 unspecified atom stereocenters. The minimum Gasteiger partial charge on any atom is -0.326 e. The van der Waals surface area contributed by atoms with Gasteiger partial charge in [-0.15, -0.1) is 11.3 Å². The number of rotatable bonds is 5. The van der Waals surface area contributed by atoms with Crippen LogP contribution in [0.3, 0.4) is 0 Å². The van der Waals surface area contributed by atoms with E-state index in [9.17, 15) is 8.42 Å². The van der Waals surface area contributed by atoms with Crippen LogP contribution < -0.4 is 10.5 Å². The first-order valence-corrected chi connectivity index (χ1v) is 8.62. The largest absolute Gasteiger partial charge is 0.326 e. The summed E-state index contributed by atoms with van der Waals surface area (Å²) in [6, 6.07) is 7.34. The van der Waals surface area contributed by atoms with Gasteiger partial charge in [-0.3, -0.25) is 0 Å². The maximum Gasteiger partial charge on any atom is 0.241 e. The molecule has 4 nitrogen and oxygen atoms in total. The number of thiophene rings is 1. The van der Waals surface area contributed by atoms with E-state index >= 15 is 0 Å². The van der Waals surface area contributed by atoms with Crippen molar-refractivity contribution in [3.63, 3.8) is 0 Å². The molecule has 0 radical (unpaired) electrons. The Morgan fingerprint density at radius 3 is 2.60 bits per heavy atom. The minimum absolute atomic E-state index is 0.306. The lowest BCUT2D eigenvalue weighted by Crippen LogP contribution is -2.24. The van der Waals surface area contributed by atoms with Gasteiger partial charge in [0.1, 0.15) is 0 Å². The van der Waals surface area contributed by atoms with Gasteiger partial charge < -0.3 is 5.73 Å². The summed E-state index contributed by atoms with van der Waals surface area (Å²) < 4.78 is 27.4. The topological polar surface area (TPSA) is 72.2 Å². The molecule has 0 saturated carbocycles. The first-order valence-electron chi connectivity index (χ1n) is 6.26. The highest BCUT2D eigenvalue weighted by Gasteiger charge is 2.18. The molecule has 0 atom stereocenters. The van der Waals surface area contributed by atoms with Crippen molar-refractivity contribution in [2.45, 2.75) is 31.8 Å². The molecule has 0 aliphatic heterocycles. The van der Waals surface area contributed by atoms with Crippen LogP contribution in [-0.2, 0) is 23.1 Å². The summed E-state index contributed by atoms with van der Waals surface area (Å²) in [6.07, 6.45) is 0. The summed E-state index contributed by atoms with van der Waals surface area (Å²) >= 11 is 1.53. The van der Waals surface area contributed by atoms with Crippen LogP contribution in [0, 0.1) is 13.8 Å². The van der Waals surface area contributed by atoms with Gasteiger partial charge in [-0.25, -0.2) is 13.1 Å². The van der Waals surface area contributed by atoms with Gasteiger partial charge in [0, 0.05) is 18.0 Å². The molecule has 0 aliphatic rings. The Labute approximate surface area is 123 Å². The van der Waals surface area contributed by atoms with Gasteiger partial charge in [-0.1, -0.05) is 12.1 Å². The number of hydrogen-bond donors (Lipinski definition) is 2. The van der Waals surface area contributed by atoms with Crippen LogP contribution in [0.4, 0.5) is 0 Å². The standard InChI is InChI=1S/C14H18N2O2S2/c1-10-6-11(2)14(7-12(10)8-15)20(17,18)16-9-13-4-3-5-19-13/h3-7,16H,8-9,15H2,1-2H3. The molecule has 0 spiro atoms. The highest BCUT2D eigenvalue weighted by Crippen LogP contribution is 2.21. The van der Waals surface area contributed by atoms with Crippen molar-refractivity contribution in [3.05, 3.63) is 51.2 Å². The van der Waals surface area contributed by atoms with Crippen molar-refractivity contribution in [2.75, 3.05) is 0 Å². The average Bonchev–Trinajstić information content (AvgIpc) is 2.89. The molecule has 0 bridgehead atoms. The summed E-state index contributed by atoms with van der Waals surface area (Å²) in [7, 11) is -3.52. The Kier molecular flexibility index (Phi) is 4.59. The molecule has 1 heterocycles. The second-order valence-electron chi connectivity index (χ2n) is 4.65. The third-order valence-corrected chi connectivity index (χ3v) is 5.58. The molecule has 0 fully saturated rings. The van der Waals surface area contributed by atoms with Crippen molar-refractivity contribution in [1.29, 1.82) is 0 Å². The van der Waals surface area contributed by atoms with Crippen LogP contribution in [0.25, 0.3) is 0 Å². The maximum atomic E-state index is 12.4. The Hall–Kier alpha value is -1.21. The monoisotopic (exact) mass is 310 g/mol. The van der Waals surface area contributed by atoms with Crippen molar-refractivity contribution in [1.82, 2.24) is 4.72 Å². The summed E-state index contributed by atoms with van der Waals surface area (Å²) in [4.78, 5) is 1.29. The second kappa shape index (κ2) is 6.05. The van der Waals surface area contributed by atoms with E-state index in [2.05, 4.69) is 4.72 Å². The summed E-state index contributed by atoms with van der Waals surface area (Å²) in [6.45, 7) is 4.38. The van der Waals surface area contributed by atoms with Gasteiger partial charge in [-0.2, -0.15) is 0 Å². The molecule has 0 saturated heterocycles. The molecule has 20 heavy (non-hydrogen) atoms. The van der Waals surface area contributed by atoms with E-state index in [-0.39, 0.29) is 0 Å². The third kappa shape index (κ3) is 3.27. The van der Waals surface area contributed by atoms with Gasteiger partial charge in [0.25, 0.3) is 0 Å². The third-order valence-electron chi connectivity index (χ3n) is 3.16. The zero-order chi connectivity index (χ0) is 14.8. The number of aryl methyl sites for hydroxylation is 2. The molecule has 0 amide bonds. The number of nitrogens with one attached hydrogen (secondary N) is 1. The average molecular weight is 310 g/mol. The second-order valence-corrected chi connectivity index (χ2v) is 7.42. The van der Waals surface area contributed by atoms with Crippen molar-refractivity contribution in [3.8, 4) is 0 Å². The van der Waals surface area contributed by atoms with Gasteiger partial charge >= 0.3 is 0 Å². The lowest BCUT2D eigenvalue weighted by molar-refractivity contribution is 0.581. The molecule has 108 valence electrons. The van der Waals surface area contributed by atoms with Crippen molar-refractivity contribution < 1.29 is 8.42 Å². The lowest BCUT2D eigenvalue weighted by Gasteiger charge is -2.12. The van der Waals surface area contributed by atoms with E-state index < -0.39 is 10.0 Å². The van der Waals surface area contributed by atoms with E-state index in [0.29, 0.717) is 18.0 Å². The summed E-state index contributed by atoms with van der Waals surface area (Å²) in [5.74, 6) is 0. The molecule has 2 rings (SSSR count). The van der Waals surface area contributed by atoms with Crippen LogP contribution in [0.1, 0.15) is 21.6 Å². The van der Waals surface area contributed by atoms with Gasteiger partial charge in [0.15, 0.2) is 0 Å². The van der Waals surface area contributed by atoms with Crippen LogP contribution in [0.5, 0.6) is 0 Å². The van der Waals surface area contributed by atoms with Gasteiger partial charge in [0.2, 0.25) is 10.0 Å². The van der Waals surface area contributed by atoms with E-state index in [4.69, 9.17) is 5.73 Å². The van der Waals surface area contributed by atoms with Gasteiger partial charge in [0.05, 0.1) is 4.90 Å². The van der Waals surface area contributed by atoms with Crippen molar-refractivity contribution >= 4 is 21.4 Å².